The molecule has 0 heterocycles. The zero-order valence-electron chi connectivity index (χ0n) is 7.38. The molecule has 2 heteroatoms. The first-order valence-electron chi connectivity index (χ1n) is 4.37. The van der Waals surface area contributed by atoms with Crippen molar-refractivity contribution in [2.75, 3.05) is 13.6 Å². The van der Waals surface area contributed by atoms with Gasteiger partial charge in [-0.15, -0.1) is 0 Å². The summed E-state index contributed by atoms with van der Waals surface area (Å²) < 4.78 is 0. The molecule has 0 N–H and O–H groups in total. The van der Waals surface area contributed by atoms with Crippen molar-refractivity contribution in [3.63, 3.8) is 0 Å². The number of rotatable bonds is 2. The van der Waals surface area contributed by atoms with Crippen molar-refractivity contribution in [3.05, 3.63) is 0 Å². The first-order chi connectivity index (χ1) is 5.27. The Morgan fingerprint density at radius 2 is 2.27 bits per heavy atom. The van der Waals surface area contributed by atoms with Crippen LogP contribution in [0.1, 0.15) is 26.2 Å². The van der Waals surface area contributed by atoms with Crippen LogP contribution in [0.15, 0.2) is 0 Å². The van der Waals surface area contributed by atoms with Crippen LogP contribution in [0.25, 0.3) is 0 Å². The summed E-state index contributed by atoms with van der Waals surface area (Å²) >= 11 is 0. The van der Waals surface area contributed by atoms with Crippen LogP contribution in [0.4, 0.5) is 0 Å². The van der Waals surface area contributed by atoms with Crippen molar-refractivity contribution in [1.29, 1.82) is 5.26 Å². The van der Waals surface area contributed by atoms with Gasteiger partial charge in [-0.05, 0) is 32.9 Å². The Morgan fingerprint density at radius 3 is 2.73 bits per heavy atom. The Kier molecular flexibility index (Phi) is 2.90. The number of hydrogen-bond donors (Lipinski definition) is 0. The number of nitriles is 1. The molecule has 0 spiro atoms. The number of hydrogen-bond acceptors (Lipinski definition) is 2. The predicted molar refractivity (Wildman–Crippen MR) is 45.0 cm³/mol. The molecule has 1 aliphatic carbocycles. The van der Waals surface area contributed by atoms with E-state index in [-0.39, 0.29) is 0 Å². The van der Waals surface area contributed by atoms with Crippen molar-refractivity contribution < 1.29 is 0 Å². The van der Waals surface area contributed by atoms with Crippen LogP contribution in [-0.4, -0.2) is 24.5 Å². The van der Waals surface area contributed by atoms with Crippen LogP contribution in [-0.2, 0) is 0 Å². The minimum absolute atomic E-state index is 0.328. The van der Waals surface area contributed by atoms with Gasteiger partial charge < -0.3 is 4.90 Å². The molecular weight excluding hydrogens is 136 g/mol. The highest BCUT2D eigenvalue weighted by Gasteiger charge is 2.26. The molecule has 0 radical (unpaired) electrons. The lowest BCUT2D eigenvalue weighted by molar-refractivity contribution is 0.255. The van der Waals surface area contributed by atoms with Gasteiger partial charge in [-0.2, -0.15) is 5.26 Å². The maximum Gasteiger partial charge on any atom is 0.0656 e. The topological polar surface area (TPSA) is 27.0 Å². The summed E-state index contributed by atoms with van der Waals surface area (Å²) in [5, 5.41) is 8.67. The van der Waals surface area contributed by atoms with Crippen LogP contribution in [0.5, 0.6) is 0 Å². The quantitative estimate of drug-likeness (QED) is 0.601. The minimum Gasteiger partial charge on any atom is -0.304 e. The standard InChI is InChI=1S/C9H16N2/c1-3-11(2)9-5-4-8(6-9)7-10/h8-9H,3-6H2,1-2H3. The molecule has 2 nitrogen and oxygen atoms in total. The van der Waals surface area contributed by atoms with Crippen molar-refractivity contribution >= 4 is 0 Å². The van der Waals surface area contributed by atoms with E-state index < -0.39 is 0 Å². The summed E-state index contributed by atoms with van der Waals surface area (Å²) in [7, 11) is 2.14. The predicted octanol–water partition coefficient (Wildman–Crippen LogP) is 1.63. The van der Waals surface area contributed by atoms with Crippen LogP contribution in [0.2, 0.25) is 0 Å². The van der Waals surface area contributed by atoms with E-state index in [9.17, 15) is 0 Å². The Balaban J connectivity index is 2.36. The molecule has 1 aliphatic rings. The third-order valence-corrected chi connectivity index (χ3v) is 2.71. The van der Waals surface area contributed by atoms with E-state index in [1.165, 1.54) is 6.42 Å². The monoisotopic (exact) mass is 152 g/mol. The molecule has 1 saturated carbocycles. The molecular formula is C9H16N2. The van der Waals surface area contributed by atoms with E-state index in [1.807, 2.05) is 0 Å². The van der Waals surface area contributed by atoms with Crippen LogP contribution in [0, 0.1) is 17.2 Å². The molecule has 62 valence electrons. The van der Waals surface area contributed by atoms with Gasteiger partial charge in [-0.1, -0.05) is 6.92 Å². The Hall–Kier alpha value is -0.550. The SMILES string of the molecule is CCN(C)C1CCC(C#N)C1. The maximum absolute atomic E-state index is 8.67. The summed E-state index contributed by atoms with van der Waals surface area (Å²) in [5.41, 5.74) is 0. The molecule has 0 aromatic carbocycles. The average Bonchev–Trinajstić information content (AvgIpc) is 2.50. The Morgan fingerprint density at radius 1 is 1.55 bits per heavy atom. The third-order valence-electron chi connectivity index (χ3n) is 2.71. The summed E-state index contributed by atoms with van der Waals surface area (Å²) in [5.74, 6) is 0.328. The summed E-state index contributed by atoms with van der Waals surface area (Å²) in [6, 6.07) is 3.02. The fourth-order valence-electron chi connectivity index (χ4n) is 1.73. The lowest BCUT2D eigenvalue weighted by atomic mass is 10.1. The van der Waals surface area contributed by atoms with E-state index >= 15 is 0 Å². The smallest absolute Gasteiger partial charge is 0.0656 e. The fraction of sp³-hybridized carbons (Fsp3) is 0.889. The average molecular weight is 152 g/mol. The molecule has 1 rings (SSSR count). The lowest BCUT2D eigenvalue weighted by Gasteiger charge is -2.21. The van der Waals surface area contributed by atoms with Gasteiger partial charge in [0.15, 0.2) is 0 Å². The van der Waals surface area contributed by atoms with E-state index in [4.69, 9.17) is 5.26 Å². The van der Waals surface area contributed by atoms with E-state index in [0.29, 0.717) is 12.0 Å². The van der Waals surface area contributed by atoms with Crippen LogP contribution >= 0.6 is 0 Å². The molecule has 2 atom stereocenters. The highest BCUT2D eigenvalue weighted by Crippen LogP contribution is 2.27. The largest absolute Gasteiger partial charge is 0.304 e. The van der Waals surface area contributed by atoms with Gasteiger partial charge in [0.1, 0.15) is 0 Å². The summed E-state index contributed by atoms with van der Waals surface area (Å²) in [6.45, 7) is 3.27. The van der Waals surface area contributed by atoms with Gasteiger partial charge in [0.05, 0.1) is 6.07 Å². The van der Waals surface area contributed by atoms with E-state index in [1.54, 1.807) is 0 Å². The zero-order valence-corrected chi connectivity index (χ0v) is 7.38. The first-order valence-corrected chi connectivity index (χ1v) is 4.37. The number of nitrogens with zero attached hydrogens (tertiary/aromatic N) is 2. The van der Waals surface area contributed by atoms with E-state index in [0.717, 1.165) is 19.4 Å². The van der Waals surface area contributed by atoms with Crippen LogP contribution < -0.4 is 0 Å². The fourth-order valence-corrected chi connectivity index (χ4v) is 1.73. The molecule has 0 aliphatic heterocycles. The normalized spacial score (nSPS) is 30.7. The van der Waals surface area contributed by atoms with Crippen LogP contribution in [0.3, 0.4) is 0 Å². The molecule has 2 unspecified atom stereocenters. The summed E-state index contributed by atoms with van der Waals surface area (Å²) in [4.78, 5) is 2.34. The van der Waals surface area contributed by atoms with Gasteiger partial charge in [0.2, 0.25) is 0 Å². The molecule has 0 saturated heterocycles. The van der Waals surface area contributed by atoms with Crippen molar-refractivity contribution in [3.8, 4) is 6.07 Å². The minimum atomic E-state index is 0.328. The van der Waals surface area contributed by atoms with Crippen molar-refractivity contribution in [2.45, 2.75) is 32.2 Å². The summed E-state index contributed by atoms with van der Waals surface area (Å²) in [6.07, 6.45) is 3.40. The Bertz CT molecular complexity index is 159. The Labute approximate surface area is 68.8 Å². The highest BCUT2D eigenvalue weighted by molar-refractivity contribution is 4.92. The second-order valence-corrected chi connectivity index (χ2v) is 3.37. The molecule has 0 aromatic heterocycles. The molecule has 0 bridgehead atoms. The highest BCUT2D eigenvalue weighted by atomic mass is 15.1. The molecule has 11 heavy (non-hydrogen) atoms. The second kappa shape index (κ2) is 3.73. The van der Waals surface area contributed by atoms with Gasteiger partial charge in [-0.3, -0.25) is 0 Å². The lowest BCUT2D eigenvalue weighted by Crippen LogP contribution is -2.28. The van der Waals surface area contributed by atoms with Gasteiger partial charge in [0, 0.05) is 12.0 Å². The van der Waals surface area contributed by atoms with Crippen molar-refractivity contribution in [2.24, 2.45) is 5.92 Å². The first kappa shape index (κ1) is 8.55. The van der Waals surface area contributed by atoms with Crippen molar-refractivity contribution in [1.82, 2.24) is 4.90 Å². The van der Waals surface area contributed by atoms with E-state index in [2.05, 4.69) is 24.9 Å². The zero-order chi connectivity index (χ0) is 8.27. The molecule has 1 fully saturated rings. The third kappa shape index (κ3) is 1.94. The van der Waals surface area contributed by atoms with Gasteiger partial charge in [-0.25, -0.2) is 0 Å². The van der Waals surface area contributed by atoms with Gasteiger partial charge >= 0.3 is 0 Å². The molecule has 0 aromatic rings. The second-order valence-electron chi connectivity index (χ2n) is 3.37. The van der Waals surface area contributed by atoms with Gasteiger partial charge in [0.25, 0.3) is 0 Å². The molecule has 0 amide bonds. The maximum atomic E-state index is 8.67.